The van der Waals surface area contributed by atoms with E-state index in [4.69, 9.17) is 0 Å². The van der Waals surface area contributed by atoms with Gasteiger partial charge < -0.3 is 10.0 Å². The lowest BCUT2D eigenvalue weighted by Gasteiger charge is -2.27. The Labute approximate surface area is 189 Å². The zero-order valence-corrected chi connectivity index (χ0v) is 19.5. The molecule has 0 radical (unpaired) electrons. The quantitative estimate of drug-likeness (QED) is 0.523. The Morgan fingerprint density at radius 2 is 1.53 bits per heavy atom. The first kappa shape index (κ1) is 20.5. The van der Waals surface area contributed by atoms with E-state index in [9.17, 15) is 9.90 Å². The highest BCUT2D eigenvalue weighted by Gasteiger charge is 2.46. The van der Waals surface area contributed by atoms with Crippen molar-refractivity contribution >= 4 is 22.9 Å². The van der Waals surface area contributed by atoms with Crippen LogP contribution in [0.3, 0.4) is 0 Å². The number of para-hydroxylation sites is 2. The predicted octanol–water partition coefficient (Wildman–Crippen LogP) is 5.33. The molecule has 0 unspecified atom stereocenters. The second-order valence-electron chi connectivity index (χ2n) is 9.97. The molecule has 2 heterocycles. The monoisotopic (exact) mass is 425 g/mol. The Hall–Kier alpha value is -3.40. The summed E-state index contributed by atoms with van der Waals surface area (Å²) in [5.41, 5.74) is 6.99. The fourth-order valence-electron chi connectivity index (χ4n) is 5.50. The highest BCUT2D eigenvalue weighted by atomic mass is 16.3. The molecule has 1 N–H and O–H groups in total. The number of likely N-dealkylation sites (N-methyl/N-ethyl adjacent to an activating group) is 1. The van der Waals surface area contributed by atoms with Gasteiger partial charge in [0.25, 0.3) is 0 Å². The third-order valence-electron chi connectivity index (χ3n) is 7.44. The van der Waals surface area contributed by atoms with Crippen molar-refractivity contribution in [3.8, 4) is 0 Å². The number of hydrogen-bond acceptors (Lipinski definition) is 3. The number of allylic oxidation sites excluding steroid dienone is 5. The first-order chi connectivity index (χ1) is 15.1. The van der Waals surface area contributed by atoms with E-state index in [-0.39, 0.29) is 22.4 Å². The number of nitrogens with zero attached hydrogens (tertiary/aromatic N) is 2. The molecule has 2 aliphatic heterocycles. The summed E-state index contributed by atoms with van der Waals surface area (Å²) in [5, 5.41) is 10.9. The van der Waals surface area contributed by atoms with E-state index < -0.39 is 0 Å². The molecule has 0 saturated heterocycles. The van der Waals surface area contributed by atoms with E-state index >= 15 is 0 Å². The molecule has 4 nitrogen and oxygen atoms in total. The van der Waals surface area contributed by atoms with Gasteiger partial charge in [-0.05, 0) is 31.6 Å². The second-order valence-corrected chi connectivity index (χ2v) is 9.97. The standard InChI is InChI=1S/C28H28N2O2/c1-27(2)19-11-7-9-13-21(19)29(5)23(27)15-17-25(31)18(26(17)32)16-24-28(3,4)20-12-8-10-14-22(20)30(24)6/h7-16H,1-6H3/p+1. The molecule has 0 aromatic heterocycles. The molecule has 0 atom stereocenters. The highest BCUT2D eigenvalue weighted by molar-refractivity contribution is 6.24. The molecule has 4 heteroatoms. The molecule has 162 valence electrons. The number of carbonyl (C=O) groups excluding carboxylic acids is 1. The van der Waals surface area contributed by atoms with Crippen molar-refractivity contribution in [2.24, 2.45) is 0 Å². The number of anilines is 1. The first-order valence-corrected chi connectivity index (χ1v) is 11.0. The van der Waals surface area contributed by atoms with E-state index in [2.05, 4.69) is 61.4 Å². The summed E-state index contributed by atoms with van der Waals surface area (Å²) < 4.78 is 2.11. The molecule has 3 aliphatic rings. The molecule has 1 aliphatic carbocycles. The van der Waals surface area contributed by atoms with E-state index in [1.165, 1.54) is 11.1 Å². The summed E-state index contributed by atoms with van der Waals surface area (Å²) in [4.78, 5) is 15.3. The number of carbonyl (C=O) groups is 1. The molecule has 2 aromatic carbocycles. The molecule has 2 aromatic rings. The van der Waals surface area contributed by atoms with Crippen molar-refractivity contribution in [2.45, 2.75) is 38.5 Å². The van der Waals surface area contributed by atoms with Crippen LogP contribution in [0.25, 0.3) is 0 Å². The molecule has 0 saturated carbocycles. The normalized spacial score (nSPS) is 23.2. The smallest absolute Gasteiger partial charge is 0.209 e. The van der Waals surface area contributed by atoms with Gasteiger partial charge in [-0.1, -0.05) is 50.2 Å². The van der Waals surface area contributed by atoms with Crippen LogP contribution in [-0.4, -0.2) is 35.3 Å². The third kappa shape index (κ3) is 2.56. The van der Waals surface area contributed by atoms with Crippen molar-refractivity contribution in [3.63, 3.8) is 0 Å². The molecular weight excluding hydrogens is 396 g/mol. The van der Waals surface area contributed by atoms with Gasteiger partial charge in [0.15, 0.2) is 5.71 Å². The van der Waals surface area contributed by atoms with Crippen LogP contribution in [0, 0.1) is 0 Å². The average Bonchev–Trinajstić information content (AvgIpc) is 3.09. The summed E-state index contributed by atoms with van der Waals surface area (Å²) in [6, 6.07) is 16.6. The zero-order valence-electron chi connectivity index (χ0n) is 19.5. The lowest BCUT2D eigenvalue weighted by Crippen LogP contribution is -2.31. The van der Waals surface area contributed by atoms with Gasteiger partial charge >= 0.3 is 0 Å². The lowest BCUT2D eigenvalue weighted by molar-refractivity contribution is -0.401. The Bertz CT molecular complexity index is 1320. The minimum absolute atomic E-state index is 0.0790. The summed E-state index contributed by atoms with van der Waals surface area (Å²) in [6.45, 7) is 8.62. The number of ketones is 1. The van der Waals surface area contributed by atoms with E-state index in [1.807, 2.05) is 50.5 Å². The van der Waals surface area contributed by atoms with Crippen LogP contribution >= 0.6 is 0 Å². The van der Waals surface area contributed by atoms with Gasteiger partial charge in [-0.15, -0.1) is 0 Å². The number of benzene rings is 2. The van der Waals surface area contributed by atoms with Crippen molar-refractivity contribution in [1.82, 2.24) is 0 Å². The van der Waals surface area contributed by atoms with Crippen LogP contribution in [0.15, 0.2) is 83.3 Å². The van der Waals surface area contributed by atoms with E-state index in [1.54, 1.807) is 0 Å². The fraction of sp³-hybridized carbons (Fsp3) is 0.286. The Morgan fingerprint density at radius 1 is 0.906 bits per heavy atom. The summed E-state index contributed by atoms with van der Waals surface area (Å²) in [6.07, 6.45) is 3.72. The molecule has 0 bridgehead atoms. The van der Waals surface area contributed by atoms with Crippen LogP contribution < -0.4 is 4.90 Å². The number of hydrogen-bond donors (Lipinski definition) is 1. The van der Waals surface area contributed by atoms with Crippen molar-refractivity contribution in [1.29, 1.82) is 0 Å². The molecule has 0 amide bonds. The van der Waals surface area contributed by atoms with Crippen molar-refractivity contribution < 1.29 is 14.5 Å². The number of Topliss-reactive ketones (excluding diaryl/α,β-unsaturated/α-hetero) is 1. The largest absolute Gasteiger partial charge is 0.506 e. The van der Waals surface area contributed by atoms with Gasteiger partial charge in [-0.25, -0.2) is 0 Å². The first-order valence-electron chi connectivity index (χ1n) is 11.0. The summed E-state index contributed by atoms with van der Waals surface area (Å²) in [5.74, 6) is -0.0295. The molecule has 0 spiro atoms. The number of aliphatic hydroxyl groups is 1. The molecular formula is C28H29N2O2+. The van der Waals surface area contributed by atoms with Gasteiger partial charge in [0.1, 0.15) is 12.8 Å². The van der Waals surface area contributed by atoms with Gasteiger partial charge in [-0.3, -0.25) is 4.79 Å². The predicted molar refractivity (Wildman–Crippen MR) is 129 cm³/mol. The third-order valence-corrected chi connectivity index (χ3v) is 7.44. The highest BCUT2D eigenvalue weighted by Crippen LogP contribution is 2.48. The van der Waals surface area contributed by atoms with Gasteiger partial charge in [0.05, 0.1) is 16.6 Å². The van der Waals surface area contributed by atoms with Gasteiger partial charge in [0.2, 0.25) is 11.5 Å². The Morgan fingerprint density at radius 3 is 2.16 bits per heavy atom. The van der Waals surface area contributed by atoms with Crippen LogP contribution in [0.2, 0.25) is 0 Å². The van der Waals surface area contributed by atoms with Crippen LogP contribution in [0.1, 0.15) is 38.8 Å². The molecule has 5 rings (SSSR count). The number of fused-ring (bicyclic) bond motifs is 2. The Kier molecular flexibility index (Phi) is 4.20. The van der Waals surface area contributed by atoms with Crippen molar-refractivity contribution in [3.05, 3.63) is 94.4 Å². The van der Waals surface area contributed by atoms with Gasteiger partial charge in [-0.2, -0.15) is 4.58 Å². The minimum Gasteiger partial charge on any atom is -0.506 e. The Balaban J connectivity index is 1.55. The molecule has 32 heavy (non-hydrogen) atoms. The molecule has 0 fully saturated rings. The van der Waals surface area contributed by atoms with Gasteiger partial charge in [0, 0.05) is 41.6 Å². The maximum Gasteiger partial charge on any atom is 0.209 e. The minimum atomic E-state index is -0.248. The second kappa shape index (κ2) is 6.55. The number of rotatable bonds is 2. The van der Waals surface area contributed by atoms with E-state index in [0.29, 0.717) is 11.1 Å². The fourth-order valence-corrected chi connectivity index (χ4v) is 5.50. The summed E-state index contributed by atoms with van der Waals surface area (Å²) >= 11 is 0. The maximum atomic E-state index is 13.1. The maximum absolute atomic E-state index is 13.1. The topological polar surface area (TPSA) is 43.5 Å². The van der Waals surface area contributed by atoms with E-state index in [0.717, 1.165) is 22.8 Å². The van der Waals surface area contributed by atoms with Crippen molar-refractivity contribution in [2.75, 3.05) is 19.0 Å². The summed E-state index contributed by atoms with van der Waals surface area (Å²) in [7, 11) is 4.03. The lowest BCUT2D eigenvalue weighted by atomic mass is 9.77. The average molecular weight is 426 g/mol. The zero-order chi connectivity index (χ0) is 23.0. The SMILES string of the molecule is CN1/C(=C/C2=C(O)C(=CC3=[N+](C)c4ccccc4C3(C)C)C2=O)C(C)(C)c2ccccc21. The van der Waals surface area contributed by atoms with Crippen LogP contribution in [0.5, 0.6) is 0 Å². The van der Waals surface area contributed by atoms with Crippen LogP contribution in [-0.2, 0) is 15.6 Å². The van der Waals surface area contributed by atoms with Crippen LogP contribution in [0.4, 0.5) is 11.4 Å². The number of aliphatic hydroxyl groups excluding tert-OH is 1.